The lowest BCUT2D eigenvalue weighted by Gasteiger charge is -2.37. The minimum Gasteiger partial charge on any atom is -0.392 e. The molecule has 17 heavy (non-hydrogen) atoms. The Morgan fingerprint density at radius 3 is 3.00 bits per heavy atom. The molecule has 2 aliphatic rings. The van der Waals surface area contributed by atoms with Gasteiger partial charge in [-0.3, -0.25) is 4.79 Å². The van der Waals surface area contributed by atoms with Gasteiger partial charge >= 0.3 is 0 Å². The minimum absolute atomic E-state index is 0. The van der Waals surface area contributed by atoms with Crippen molar-refractivity contribution in [2.24, 2.45) is 5.92 Å². The first-order valence-electron chi connectivity index (χ1n) is 5.83. The van der Waals surface area contributed by atoms with Crippen molar-refractivity contribution < 1.29 is 5.11 Å². The molecule has 4 nitrogen and oxygen atoms in total. The molecule has 1 aromatic rings. The Bertz CT molecular complexity index is 472. The van der Waals surface area contributed by atoms with Crippen LogP contribution in [0.1, 0.15) is 23.6 Å². The van der Waals surface area contributed by atoms with Crippen molar-refractivity contribution in [1.82, 2.24) is 9.88 Å². The summed E-state index contributed by atoms with van der Waals surface area (Å²) in [6, 6.07) is 3.53. The topological polar surface area (TPSA) is 54.3 Å². The van der Waals surface area contributed by atoms with Gasteiger partial charge in [0.2, 0.25) is 0 Å². The van der Waals surface area contributed by atoms with Crippen LogP contribution in [0.15, 0.2) is 16.9 Å². The number of aliphatic hydroxyl groups excluding tert-OH is 1. The molecule has 0 aliphatic carbocycles. The van der Waals surface area contributed by atoms with Gasteiger partial charge in [0, 0.05) is 30.8 Å². The number of fused-ring (bicyclic) bond motifs is 4. The Balaban J connectivity index is 0.00000108. The van der Waals surface area contributed by atoms with Crippen LogP contribution in [-0.2, 0) is 13.2 Å². The number of hydrogen-bond donors (Lipinski definition) is 2. The Morgan fingerprint density at radius 2 is 2.24 bits per heavy atom. The summed E-state index contributed by atoms with van der Waals surface area (Å²) in [5.41, 5.74) is 1.87. The lowest BCUT2D eigenvalue weighted by Crippen LogP contribution is -2.44. The molecule has 0 aromatic carbocycles. The number of nitrogens with one attached hydrogen (secondary N) is 1. The van der Waals surface area contributed by atoms with Crippen LogP contribution in [0, 0.1) is 5.92 Å². The van der Waals surface area contributed by atoms with Crippen LogP contribution >= 0.6 is 12.4 Å². The Morgan fingerprint density at radius 1 is 1.41 bits per heavy atom. The molecule has 1 aromatic heterocycles. The molecule has 2 bridgehead atoms. The van der Waals surface area contributed by atoms with E-state index in [9.17, 15) is 4.79 Å². The van der Waals surface area contributed by atoms with Crippen molar-refractivity contribution in [3.63, 3.8) is 0 Å². The summed E-state index contributed by atoms with van der Waals surface area (Å²) in [6.07, 6.45) is 1.17. The van der Waals surface area contributed by atoms with Gasteiger partial charge in [0.15, 0.2) is 0 Å². The molecule has 3 rings (SSSR count). The number of hydrogen-bond acceptors (Lipinski definition) is 3. The average Bonchev–Trinajstić information content (AvgIpc) is 2.31. The number of nitrogens with zero attached hydrogens (tertiary/aromatic N) is 1. The number of halogens is 1. The van der Waals surface area contributed by atoms with Gasteiger partial charge in [0.05, 0.1) is 6.61 Å². The maximum Gasteiger partial charge on any atom is 0.251 e. The zero-order valence-electron chi connectivity index (χ0n) is 9.56. The molecule has 0 radical (unpaired) electrons. The molecule has 2 atom stereocenters. The second kappa shape index (κ2) is 4.80. The van der Waals surface area contributed by atoms with Crippen LogP contribution in [0.4, 0.5) is 0 Å². The lowest BCUT2D eigenvalue weighted by atomic mass is 9.84. The maximum absolute atomic E-state index is 11.9. The molecule has 1 fully saturated rings. The molecule has 94 valence electrons. The Hall–Kier alpha value is -0.840. The molecule has 0 saturated carbocycles. The molecular weight excluding hydrogens is 240 g/mol. The fourth-order valence-electron chi connectivity index (χ4n) is 2.95. The Labute approximate surface area is 106 Å². The second-order valence-electron chi connectivity index (χ2n) is 4.85. The van der Waals surface area contributed by atoms with Gasteiger partial charge < -0.3 is 15.0 Å². The summed E-state index contributed by atoms with van der Waals surface area (Å²) in [5.74, 6) is 1.02. The van der Waals surface area contributed by atoms with Gasteiger partial charge in [0.25, 0.3) is 5.56 Å². The average molecular weight is 257 g/mol. The molecule has 5 heteroatoms. The van der Waals surface area contributed by atoms with Crippen molar-refractivity contribution in [2.45, 2.75) is 25.5 Å². The van der Waals surface area contributed by atoms with Gasteiger partial charge in [0.1, 0.15) is 0 Å². The van der Waals surface area contributed by atoms with E-state index < -0.39 is 0 Å². The SMILES string of the molecule is Cl.O=c1cc(CO)cc2n1CC1CNC[C@@H]2C1. The van der Waals surface area contributed by atoms with Gasteiger partial charge in [-0.15, -0.1) is 12.4 Å². The van der Waals surface area contributed by atoms with Gasteiger partial charge in [-0.2, -0.15) is 0 Å². The molecule has 1 unspecified atom stereocenters. The van der Waals surface area contributed by atoms with E-state index in [2.05, 4.69) is 5.32 Å². The third kappa shape index (κ3) is 2.12. The summed E-state index contributed by atoms with van der Waals surface area (Å²) in [7, 11) is 0. The molecule has 0 amide bonds. The quantitative estimate of drug-likeness (QED) is 0.768. The van der Waals surface area contributed by atoms with Crippen molar-refractivity contribution in [1.29, 1.82) is 0 Å². The predicted octanol–water partition coefficient (Wildman–Crippen LogP) is 0.469. The maximum atomic E-state index is 11.9. The molecular formula is C12H17ClN2O2. The van der Waals surface area contributed by atoms with E-state index in [1.807, 2.05) is 10.6 Å². The van der Waals surface area contributed by atoms with Gasteiger partial charge in [-0.05, 0) is 30.5 Å². The van der Waals surface area contributed by atoms with Crippen molar-refractivity contribution in [2.75, 3.05) is 13.1 Å². The molecule has 1 saturated heterocycles. The van der Waals surface area contributed by atoms with E-state index in [-0.39, 0.29) is 24.6 Å². The summed E-state index contributed by atoms with van der Waals surface area (Å²) in [5, 5.41) is 12.5. The predicted molar refractivity (Wildman–Crippen MR) is 67.6 cm³/mol. The molecule has 2 N–H and O–H groups in total. The summed E-state index contributed by atoms with van der Waals surface area (Å²) in [6.45, 7) is 2.74. The number of pyridine rings is 1. The first-order valence-corrected chi connectivity index (χ1v) is 5.83. The number of piperidine rings is 1. The third-order valence-electron chi connectivity index (χ3n) is 3.70. The third-order valence-corrected chi connectivity index (χ3v) is 3.70. The van der Waals surface area contributed by atoms with E-state index in [1.54, 1.807) is 6.07 Å². The highest BCUT2D eigenvalue weighted by Gasteiger charge is 2.30. The fourth-order valence-corrected chi connectivity index (χ4v) is 2.95. The van der Waals surface area contributed by atoms with Crippen LogP contribution in [-0.4, -0.2) is 22.8 Å². The smallest absolute Gasteiger partial charge is 0.251 e. The van der Waals surface area contributed by atoms with Crippen LogP contribution in [0.5, 0.6) is 0 Å². The van der Waals surface area contributed by atoms with Crippen LogP contribution in [0.3, 0.4) is 0 Å². The number of rotatable bonds is 1. The first kappa shape index (κ1) is 12.6. The van der Waals surface area contributed by atoms with Crippen molar-refractivity contribution in [3.05, 3.63) is 33.7 Å². The van der Waals surface area contributed by atoms with Crippen molar-refractivity contribution in [3.8, 4) is 0 Å². The minimum atomic E-state index is -0.0490. The monoisotopic (exact) mass is 256 g/mol. The van der Waals surface area contributed by atoms with Gasteiger partial charge in [-0.25, -0.2) is 0 Å². The normalized spacial score (nSPS) is 25.9. The summed E-state index contributed by atoms with van der Waals surface area (Å²) >= 11 is 0. The highest BCUT2D eigenvalue weighted by atomic mass is 35.5. The fraction of sp³-hybridized carbons (Fsp3) is 0.583. The molecule has 3 heterocycles. The highest BCUT2D eigenvalue weighted by Crippen LogP contribution is 2.31. The van der Waals surface area contributed by atoms with E-state index >= 15 is 0 Å². The standard InChI is InChI=1S/C12H16N2O2.ClH/c15-7-8-2-11-10-1-9(4-13-5-10)6-14(11)12(16)3-8;/h2-3,9-10,13,15H,1,4-7H2;1H/t9?,10-;/m0./s1. The van der Waals surface area contributed by atoms with Crippen LogP contribution < -0.4 is 10.9 Å². The zero-order chi connectivity index (χ0) is 11.1. The van der Waals surface area contributed by atoms with Crippen LogP contribution in [0.2, 0.25) is 0 Å². The lowest BCUT2D eigenvalue weighted by molar-refractivity contribution is 0.253. The zero-order valence-corrected chi connectivity index (χ0v) is 10.4. The van der Waals surface area contributed by atoms with E-state index in [0.29, 0.717) is 11.8 Å². The second-order valence-corrected chi connectivity index (χ2v) is 4.85. The Kier molecular flexibility index (Phi) is 3.56. The van der Waals surface area contributed by atoms with Crippen molar-refractivity contribution >= 4 is 12.4 Å². The molecule has 2 aliphatic heterocycles. The summed E-state index contributed by atoms with van der Waals surface area (Å²) < 4.78 is 1.89. The number of aliphatic hydroxyl groups is 1. The first-order chi connectivity index (χ1) is 7.78. The van der Waals surface area contributed by atoms with Gasteiger partial charge in [-0.1, -0.05) is 0 Å². The highest BCUT2D eigenvalue weighted by molar-refractivity contribution is 5.85. The largest absolute Gasteiger partial charge is 0.392 e. The van der Waals surface area contributed by atoms with Crippen LogP contribution in [0.25, 0.3) is 0 Å². The molecule has 0 spiro atoms. The summed E-state index contributed by atoms with van der Waals surface area (Å²) in [4.78, 5) is 11.9. The van der Waals surface area contributed by atoms with E-state index in [0.717, 1.165) is 30.9 Å². The number of aromatic nitrogens is 1. The van der Waals surface area contributed by atoms with E-state index in [1.165, 1.54) is 6.42 Å². The van der Waals surface area contributed by atoms with E-state index in [4.69, 9.17) is 5.11 Å².